The summed E-state index contributed by atoms with van der Waals surface area (Å²) in [5.41, 5.74) is 0.287. The van der Waals surface area contributed by atoms with Gasteiger partial charge in [-0.05, 0) is 36.4 Å². The lowest BCUT2D eigenvalue weighted by molar-refractivity contribution is 0.403. The molecule has 3 aromatic rings. The monoisotopic (exact) mass is 331 g/mol. The van der Waals surface area contributed by atoms with Crippen LogP contribution >= 0.6 is 0 Å². The van der Waals surface area contributed by atoms with Gasteiger partial charge in [-0.15, -0.1) is 0 Å². The Balaban J connectivity index is 2.00. The maximum atomic E-state index is 12.5. The quantitative estimate of drug-likeness (QED) is 0.743. The molecule has 0 aliphatic rings. The minimum atomic E-state index is -3.80. The van der Waals surface area contributed by atoms with Crippen LogP contribution in [-0.4, -0.2) is 15.5 Å². The van der Waals surface area contributed by atoms with E-state index in [1.54, 1.807) is 30.3 Å². The second-order valence-corrected chi connectivity index (χ2v) is 6.41. The van der Waals surface area contributed by atoms with E-state index in [9.17, 15) is 13.2 Å². The van der Waals surface area contributed by atoms with Crippen LogP contribution in [0, 0.1) is 0 Å². The smallest absolute Gasteiger partial charge is 0.336 e. The molecule has 0 aliphatic carbocycles. The van der Waals surface area contributed by atoms with Crippen LogP contribution in [0.1, 0.15) is 0 Å². The Morgan fingerprint density at radius 2 is 1.83 bits per heavy atom. The van der Waals surface area contributed by atoms with E-state index in [1.165, 1.54) is 31.4 Å². The van der Waals surface area contributed by atoms with Crippen molar-refractivity contribution in [3.63, 3.8) is 0 Å². The van der Waals surface area contributed by atoms with Gasteiger partial charge < -0.3 is 9.15 Å². The second kappa shape index (κ2) is 5.77. The van der Waals surface area contributed by atoms with Gasteiger partial charge in [0.25, 0.3) is 10.0 Å². The van der Waals surface area contributed by atoms with Crippen LogP contribution in [0.2, 0.25) is 0 Å². The van der Waals surface area contributed by atoms with E-state index in [1.807, 2.05) is 0 Å². The van der Waals surface area contributed by atoms with E-state index in [0.717, 1.165) is 0 Å². The summed E-state index contributed by atoms with van der Waals surface area (Å²) in [4.78, 5) is 11.2. The fraction of sp³-hybridized carbons (Fsp3) is 0.0625. The molecular weight excluding hydrogens is 318 g/mol. The summed E-state index contributed by atoms with van der Waals surface area (Å²) in [5.74, 6) is 0.256. The lowest BCUT2D eigenvalue weighted by Gasteiger charge is -2.11. The van der Waals surface area contributed by atoms with Crippen LogP contribution in [0.25, 0.3) is 11.0 Å². The molecular formula is C16H13NO5S. The second-order valence-electron chi connectivity index (χ2n) is 4.76. The van der Waals surface area contributed by atoms with Crippen molar-refractivity contribution in [2.24, 2.45) is 0 Å². The number of fused-ring (bicyclic) bond motifs is 1. The molecule has 0 aliphatic heterocycles. The Morgan fingerprint density at radius 1 is 1.04 bits per heavy atom. The predicted octanol–water partition coefficient (Wildman–Crippen LogP) is 2.60. The normalized spacial score (nSPS) is 11.3. The maximum Gasteiger partial charge on any atom is 0.336 e. The van der Waals surface area contributed by atoms with Crippen LogP contribution in [-0.2, 0) is 10.0 Å². The number of ether oxygens (including phenoxy) is 1. The Bertz CT molecular complexity index is 1020. The van der Waals surface area contributed by atoms with E-state index < -0.39 is 15.6 Å². The zero-order valence-electron chi connectivity index (χ0n) is 12.1. The Morgan fingerprint density at radius 3 is 2.61 bits per heavy atom. The highest BCUT2D eigenvalue weighted by Gasteiger charge is 2.19. The average Bonchev–Trinajstić information content (AvgIpc) is 2.54. The van der Waals surface area contributed by atoms with Gasteiger partial charge in [0.1, 0.15) is 16.2 Å². The molecule has 0 saturated carbocycles. The number of methoxy groups -OCH3 is 1. The number of para-hydroxylation sites is 1. The van der Waals surface area contributed by atoms with E-state index in [-0.39, 0.29) is 10.6 Å². The fourth-order valence-electron chi connectivity index (χ4n) is 2.19. The molecule has 0 bridgehead atoms. The molecule has 3 rings (SSSR count). The molecule has 7 heteroatoms. The molecule has 23 heavy (non-hydrogen) atoms. The predicted molar refractivity (Wildman–Crippen MR) is 86.3 cm³/mol. The van der Waals surface area contributed by atoms with Crippen molar-refractivity contribution in [3.05, 3.63) is 65.0 Å². The van der Waals surface area contributed by atoms with E-state index in [0.29, 0.717) is 16.7 Å². The third kappa shape index (κ3) is 3.04. The first-order valence-corrected chi connectivity index (χ1v) is 8.18. The summed E-state index contributed by atoms with van der Waals surface area (Å²) in [6.45, 7) is 0. The topological polar surface area (TPSA) is 85.6 Å². The van der Waals surface area contributed by atoms with Gasteiger partial charge in [0, 0.05) is 17.1 Å². The van der Waals surface area contributed by atoms with Gasteiger partial charge >= 0.3 is 5.63 Å². The summed E-state index contributed by atoms with van der Waals surface area (Å²) < 4.78 is 37.6. The molecule has 0 atom stereocenters. The molecule has 2 aromatic carbocycles. The van der Waals surface area contributed by atoms with Crippen LogP contribution in [0.3, 0.4) is 0 Å². The van der Waals surface area contributed by atoms with Gasteiger partial charge in [0.2, 0.25) is 0 Å². The molecule has 0 radical (unpaired) electrons. The Kier molecular flexibility index (Phi) is 3.79. The zero-order chi connectivity index (χ0) is 16.4. The van der Waals surface area contributed by atoms with E-state index in [2.05, 4.69) is 4.72 Å². The number of nitrogens with one attached hydrogen (secondary N) is 1. The lowest BCUT2D eigenvalue weighted by atomic mass is 10.2. The van der Waals surface area contributed by atoms with Gasteiger partial charge in [0.05, 0.1) is 7.11 Å². The van der Waals surface area contributed by atoms with Crippen LogP contribution < -0.4 is 15.1 Å². The first-order chi connectivity index (χ1) is 11.0. The molecule has 0 saturated heterocycles. The van der Waals surface area contributed by atoms with Gasteiger partial charge in [-0.1, -0.05) is 12.1 Å². The number of rotatable bonds is 4. The number of benzene rings is 2. The number of sulfonamides is 1. The summed E-state index contributed by atoms with van der Waals surface area (Å²) in [5, 5.41) is 0.616. The molecule has 0 unspecified atom stereocenters. The fourth-order valence-corrected chi connectivity index (χ4v) is 3.41. The van der Waals surface area contributed by atoms with Gasteiger partial charge in [-0.25, -0.2) is 13.2 Å². The van der Waals surface area contributed by atoms with Crippen LogP contribution in [0.4, 0.5) is 5.69 Å². The van der Waals surface area contributed by atoms with Crippen LogP contribution in [0.5, 0.6) is 5.75 Å². The van der Waals surface area contributed by atoms with Crippen molar-refractivity contribution in [1.29, 1.82) is 0 Å². The average molecular weight is 331 g/mol. The van der Waals surface area contributed by atoms with Crippen molar-refractivity contribution in [2.45, 2.75) is 4.90 Å². The minimum Gasteiger partial charge on any atom is -0.495 e. The first kappa shape index (κ1) is 15.1. The summed E-state index contributed by atoms with van der Waals surface area (Å²) in [7, 11) is -2.39. The number of hydrogen-bond donors (Lipinski definition) is 1. The Hall–Kier alpha value is -2.80. The SMILES string of the molecule is COc1ccccc1S(=O)(=O)Nc1ccc2oc(=O)ccc2c1. The Labute approximate surface area is 132 Å². The third-order valence-electron chi connectivity index (χ3n) is 3.23. The maximum absolute atomic E-state index is 12.5. The third-order valence-corrected chi connectivity index (χ3v) is 4.65. The van der Waals surface area contributed by atoms with E-state index >= 15 is 0 Å². The summed E-state index contributed by atoms with van der Waals surface area (Å²) in [6.07, 6.45) is 0. The largest absolute Gasteiger partial charge is 0.495 e. The van der Waals surface area contributed by atoms with Crippen LogP contribution in [0.15, 0.2) is 68.7 Å². The van der Waals surface area contributed by atoms with Crippen molar-refractivity contribution in [2.75, 3.05) is 11.8 Å². The van der Waals surface area contributed by atoms with Crippen molar-refractivity contribution in [3.8, 4) is 5.75 Å². The number of hydrogen-bond acceptors (Lipinski definition) is 5. The van der Waals surface area contributed by atoms with Gasteiger partial charge in [-0.2, -0.15) is 0 Å². The van der Waals surface area contributed by atoms with Gasteiger partial charge in [-0.3, -0.25) is 4.72 Å². The molecule has 1 N–H and O–H groups in total. The van der Waals surface area contributed by atoms with Crippen molar-refractivity contribution >= 4 is 26.7 Å². The standard InChI is InChI=1S/C16H13NO5S/c1-21-14-4-2-3-5-15(14)23(19,20)17-12-7-8-13-11(10-12)6-9-16(18)22-13/h2-10,17H,1H3. The highest BCUT2D eigenvalue weighted by Crippen LogP contribution is 2.26. The molecule has 0 fully saturated rings. The lowest BCUT2D eigenvalue weighted by Crippen LogP contribution is -2.14. The molecule has 6 nitrogen and oxygen atoms in total. The molecule has 0 spiro atoms. The van der Waals surface area contributed by atoms with Gasteiger partial charge in [0.15, 0.2) is 0 Å². The summed E-state index contributed by atoms with van der Waals surface area (Å²) >= 11 is 0. The zero-order valence-corrected chi connectivity index (χ0v) is 13.0. The summed E-state index contributed by atoms with van der Waals surface area (Å²) in [6, 6.07) is 13.8. The van der Waals surface area contributed by atoms with Crippen molar-refractivity contribution < 1.29 is 17.6 Å². The highest BCUT2D eigenvalue weighted by molar-refractivity contribution is 7.92. The molecule has 1 aromatic heterocycles. The molecule has 0 amide bonds. The first-order valence-electron chi connectivity index (χ1n) is 6.69. The minimum absolute atomic E-state index is 0.0437. The van der Waals surface area contributed by atoms with E-state index in [4.69, 9.17) is 9.15 Å². The number of anilines is 1. The van der Waals surface area contributed by atoms with Crippen molar-refractivity contribution in [1.82, 2.24) is 0 Å². The molecule has 118 valence electrons. The molecule has 1 heterocycles. The highest BCUT2D eigenvalue weighted by atomic mass is 32.2.